The number of ether oxygens (including phenoxy) is 2. The molecular weight excluding hydrogens is 230 g/mol. The Hall–Kier alpha value is -2.36. The molecule has 2 rings (SSSR count). The molecule has 0 radical (unpaired) electrons. The second-order valence-corrected chi connectivity index (χ2v) is 3.81. The number of nitrogen functional groups attached to an aromatic ring is 1. The quantitative estimate of drug-likeness (QED) is 0.816. The van der Waals surface area contributed by atoms with Crippen molar-refractivity contribution in [1.29, 1.82) is 0 Å². The summed E-state index contributed by atoms with van der Waals surface area (Å²) < 4.78 is 10.5. The average Bonchev–Trinajstić information content (AvgIpc) is 2.38. The van der Waals surface area contributed by atoms with Gasteiger partial charge in [-0.05, 0) is 30.3 Å². The Morgan fingerprint density at radius 2 is 1.83 bits per heavy atom. The van der Waals surface area contributed by atoms with Crippen molar-refractivity contribution in [3.05, 3.63) is 36.4 Å². The number of methoxy groups -OCH3 is 2. The van der Waals surface area contributed by atoms with Crippen LogP contribution < -0.4 is 15.2 Å². The number of nitrogens with two attached hydrogens (primary N) is 1. The van der Waals surface area contributed by atoms with Gasteiger partial charge < -0.3 is 20.3 Å². The second kappa shape index (κ2) is 4.87. The summed E-state index contributed by atoms with van der Waals surface area (Å²) in [6.45, 7) is 0. The lowest BCUT2D eigenvalue weighted by Gasteiger charge is -2.13. The zero-order chi connectivity index (χ0) is 13.1. The number of rotatable bonds is 3. The van der Waals surface area contributed by atoms with Crippen molar-refractivity contribution in [2.75, 3.05) is 20.0 Å². The van der Waals surface area contributed by atoms with Gasteiger partial charge in [-0.1, -0.05) is 6.07 Å². The predicted molar refractivity (Wildman–Crippen MR) is 71.1 cm³/mol. The van der Waals surface area contributed by atoms with Gasteiger partial charge in [0.2, 0.25) is 0 Å². The zero-order valence-corrected chi connectivity index (χ0v) is 10.3. The van der Waals surface area contributed by atoms with Gasteiger partial charge >= 0.3 is 0 Å². The van der Waals surface area contributed by atoms with Crippen LogP contribution in [0.15, 0.2) is 36.4 Å². The topological polar surface area (TPSA) is 64.7 Å². The lowest BCUT2D eigenvalue weighted by molar-refractivity contribution is 0.404. The SMILES string of the molecule is COc1ccc(OC)c(-c2c(N)cccc2O)c1. The monoisotopic (exact) mass is 245 g/mol. The summed E-state index contributed by atoms with van der Waals surface area (Å²) in [4.78, 5) is 0. The molecule has 0 aliphatic rings. The largest absolute Gasteiger partial charge is 0.507 e. The van der Waals surface area contributed by atoms with Gasteiger partial charge in [-0.25, -0.2) is 0 Å². The van der Waals surface area contributed by atoms with E-state index in [9.17, 15) is 5.11 Å². The first kappa shape index (κ1) is 12.1. The van der Waals surface area contributed by atoms with E-state index in [0.717, 1.165) is 0 Å². The maximum absolute atomic E-state index is 9.95. The molecule has 4 nitrogen and oxygen atoms in total. The summed E-state index contributed by atoms with van der Waals surface area (Å²) in [5, 5.41) is 9.95. The highest BCUT2D eigenvalue weighted by molar-refractivity contribution is 5.85. The Morgan fingerprint density at radius 3 is 2.44 bits per heavy atom. The van der Waals surface area contributed by atoms with Crippen LogP contribution in [0.4, 0.5) is 5.69 Å². The van der Waals surface area contributed by atoms with Crippen LogP contribution in [0, 0.1) is 0 Å². The summed E-state index contributed by atoms with van der Waals surface area (Å²) >= 11 is 0. The molecule has 0 atom stereocenters. The molecule has 3 N–H and O–H groups in total. The van der Waals surface area contributed by atoms with Crippen molar-refractivity contribution in [3.8, 4) is 28.4 Å². The van der Waals surface area contributed by atoms with Crippen molar-refractivity contribution < 1.29 is 14.6 Å². The van der Waals surface area contributed by atoms with Gasteiger partial charge in [0.1, 0.15) is 17.2 Å². The van der Waals surface area contributed by atoms with Crippen molar-refractivity contribution in [1.82, 2.24) is 0 Å². The smallest absolute Gasteiger partial charge is 0.127 e. The van der Waals surface area contributed by atoms with Crippen LogP contribution >= 0.6 is 0 Å². The molecule has 4 heteroatoms. The lowest BCUT2D eigenvalue weighted by atomic mass is 10.0. The molecule has 0 amide bonds. The highest BCUT2D eigenvalue weighted by Crippen LogP contribution is 2.41. The maximum Gasteiger partial charge on any atom is 0.127 e. The molecule has 0 aliphatic carbocycles. The molecule has 0 heterocycles. The van der Waals surface area contributed by atoms with Crippen LogP contribution in [0.2, 0.25) is 0 Å². The van der Waals surface area contributed by atoms with Gasteiger partial charge in [0, 0.05) is 11.3 Å². The fourth-order valence-electron chi connectivity index (χ4n) is 1.86. The van der Waals surface area contributed by atoms with Crippen molar-refractivity contribution in [2.24, 2.45) is 0 Å². The first-order valence-electron chi connectivity index (χ1n) is 5.47. The molecule has 0 unspecified atom stereocenters. The van der Waals surface area contributed by atoms with E-state index in [1.165, 1.54) is 0 Å². The third kappa shape index (κ3) is 2.05. The predicted octanol–water partition coefficient (Wildman–Crippen LogP) is 2.66. The number of hydrogen-bond acceptors (Lipinski definition) is 4. The van der Waals surface area contributed by atoms with Gasteiger partial charge in [0.25, 0.3) is 0 Å². The van der Waals surface area contributed by atoms with E-state index in [1.54, 1.807) is 50.6 Å². The standard InChI is InChI=1S/C14H15NO3/c1-17-9-6-7-13(18-2)10(8-9)14-11(15)4-3-5-12(14)16/h3-8,16H,15H2,1-2H3. The molecule has 94 valence electrons. The van der Waals surface area contributed by atoms with Crippen LogP contribution in [-0.4, -0.2) is 19.3 Å². The molecule has 18 heavy (non-hydrogen) atoms. The molecule has 0 fully saturated rings. The molecule has 0 aromatic heterocycles. The van der Waals surface area contributed by atoms with Crippen molar-refractivity contribution in [3.63, 3.8) is 0 Å². The van der Waals surface area contributed by atoms with Crippen LogP contribution in [0.5, 0.6) is 17.2 Å². The Kier molecular flexibility index (Phi) is 3.28. The first-order valence-corrected chi connectivity index (χ1v) is 5.47. The molecule has 0 aliphatic heterocycles. The lowest BCUT2D eigenvalue weighted by Crippen LogP contribution is -1.94. The fourth-order valence-corrected chi connectivity index (χ4v) is 1.86. The summed E-state index contributed by atoms with van der Waals surface area (Å²) in [5.41, 5.74) is 7.65. The summed E-state index contributed by atoms with van der Waals surface area (Å²) in [6, 6.07) is 10.4. The van der Waals surface area contributed by atoms with Crippen LogP contribution in [-0.2, 0) is 0 Å². The third-order valence-corrected chi connectivity index (χ3v) is 2.75. The third-order valence-electron chi connectivity index (χ3n) is 2.75. The number of phenolic OH excluding ortho intramolecular Hbond substituents is 1. The van der Waals surface area contributed by atoms with E-state index in [2.05, 4.69) is 0 Å². The van der Waals surface area contributed by atoms with Crippen molar-refractivity contribution >= 4 is 5.69 Å². The van der Waals surface area contributed by atoms with Gasteiger partial charge in [0.15, 0.2) is 0 Å². The number of phenols is 1. The Bertz CT molecular complexity index is 547. The van der Waals surface area contributed by atoms with Gasteiger partial charge in [0.05, 0.1) is 19.8 Å². The highest BCUT2D eigenvalue weighted by Gasteiger charge is 2.14. The molecule has 2 aromatic rings. The van der Waals surface area contributed by atoms with E-state index in [4.69, 9.17) is 15.2 Å². The van der Waals surface area contributed by atoms with E-state index in [0.29, 0.717) is 28.3 Å². The Morgan fingerprint density at radius 1 is 1.06 bits per heavy atom. The van der Waals surface area contributed by atoms with Gasteiger partial charge in [-0.2, -0.15) is 0 Å². The number of benzene rings is 2. The highest BCUT2D eigenvalue weighted by atomic mass is 16.5. The molecule has 0 spiro atoms. The molecular formula is C14H15NO3. The van der Waals surface area contributed by atoms with Gasteiger partial charge in [-0.3, -0.25) is 0 Å². The number of hydrogen-bond donors (Lipinski definition) is 2. The average molecular weight is 245 g/mol. The minimum Gasteiger partial charge on any atom is -0.507 e. The summed E-state index contributed by atoms with van der Waals surface area (Å²) in [5.74, 6) is 1.42. The molecule has 2 aromatic carbocycles. The Balaban J connectivity index is 2.68. The minimum absolute atomic E-state index is 0.113. The normalized spacial score (nSPS) is 10.1. The van der Waals surface area contributed by atoms with E-state index in [-0.39, 0.29) is 5.75 Å². The van der Waals surface area contributed by atoms with Crippen LogP contribution in [0.3, 0.4) is 0 Å². The van der Waals surface area contributed by atoms with E-state index < -0.39 is 0 Å². The second-order valence-electron chi connectivity index (χ2n) is 3.81. The molecule has 0 bridgehead atoms. The van der Waals surface area contributed by atoms with E-state index in [1.807, 2.05) is 0 Å². The fraction of sp³-hybridized carbons (Fsp3) is 0.143. The number of aromatic hydroxyl groups is 1. The van der Waals surface area contributed by atoms with E-state index >= 15 is 0 Å². The molecule has 0 saturated heterocycles. The van der Waals surface area contributed by atoms with Crippen LogP contribution in [0.1, 0.15) is 0 Å². The van der Waals surface area contributed by atoms with Crippen LogP contribution in [0.25, 0.3) is 11.1 Å². The zero-order valence-electron chi connectivity index (χ0n) is 10.3. The van der Waals surface area contributed by atoms with Crippen molar-refractivity contribution in [2.45, 2.75) is 0 Å². The maximum atomic E-state index is 9.95. The minimum atomic E-state index is 0.113. The molecule has 0 saturated carbocycles. The van der Waals surface area contributed by atoms with Gasteiger partial charge in [-0.15, -0.1) is 0 Å². The summed E-state index contributed by atoms with van der Waals surface area (Å²) in [7, 11) is 3.15. The number of anilines is 1. The first-order chi connectivity index (χ1) is 8.67. The summed E-state index contributed by atoms with van der Waals surface area (Å²) in [6.07, 6.45) is 0. The Labute approximate surface area is 106 Å².